The minimum Gasteiger partial charge on any atom is -0.490 e. The van der Waals surface area contributed by atoms with Gasteiger partial charge in [-0.1, -0.05) is 57.3 Å². The van der Waals surface area contributed by atoms with Gasteiger partial charge in [0.25, 0.3) is 0 Å². The van der Waals surface area contributed by atoms with E-state index in [4.69, 9.17) is 32.7 Å². The fraction of sp³-hybridized carbons (Fsp3) is 0.250. The van der Waals surface area contributed by atoms with E-state index in [0.29, 0.717) is 28.6 Å². The molecule has 0 saturated carbocycles. The normalized spacial score (nSPS) is 10.5. The van der Waals surface area contributed by atoms with Crippen LogP contribution in [0.4, 0.5) is 0 Å². The van der Waals surface area contributed by atoms with E-state index in [2.05, 4.69) is 15.9 Å². The quantitative estimate of drug-likeness (QED) is 0.575. The van der Waals surface area contributed by atoms with Crippen molar-refractivity contribution in [3.63, 3.8) is 0 Å². The second kappa shape index (κ2) is 7.92. The zero-order valence-corrected chi connectivity index (χ0v) is 14.6. The summed E-state index contributed by atoms with van der Waals surface area (Å²) in [6.45, 7) is 2.94. The molecule has 5 heteroatoms. The Morgan fingerprint density at radius 1 is 1.05 bits per heavy atom. The molecule has 0 heterocycles. The van der Waals surface area contributed by atoms with E-state index in [1.165, 1.54) is 0 Å². The first kappa shape index (κ1) is 16.5. The second-order valence-electron chi connectivity index (χ2n) is 4.35. The molecule has 21 heavy (non-hydrogen) atoms. The summed E-state index contributed by atoms with van der Waals surface area (Å²) in [5.74, 6) is 1.50. The smallest absolute Gasteiger partial charge is 0.165 e. The van der Waals surface area contributed by atoms with Crippen molar-refractivity contribution < 1.29 is 9.47 Å². The largest absolute Gasteiger partial charge is 0.490 e. The number of hydrogen-bond donors (Lipinski definition) is 0. The van der Waals surface area contributed by atoms with Gasteiger partial charge in [-0.25, -0.2) is 0 Å². The molecule has 0 saturated heterocycles. The van der Waals surface area contributed by atoms with Crippen molar-refractivity contribution >= 4 is 39.1 Å². The summed E-state index contributed by atoms with van der Waals surface area (Å²) in [5, 5.41) is 1.76. The number of ether oxygens (including phenoxy) is 2. The Hall–Kier alpha value is -0.900. The maximum absolute atomic E-state index is 6.02. The molecule has 0 aromatic heterocycles. The Bertz CT molecular complexity index is 617. The minimum absolute atomic E-state index is 0.404. The van der Waals surface area contributed by atoms with Gasteiger partial charge >= 0.3 is 0 Å². The van der Waals surface area contributed by atoms with Crippen LogP contribution >= 0.6 is 39.1 Å². The average molecular weight is 390 g/mol. The van der Waals surface area contributed by atoms with Crippen LogP contribution in [0.2, 0.25) is 10.0 Å². The molecule has 112 valence electrons. The molecule has 0 unspecified atom stereocenters. The van der Waals surface area contributed by atoms with Crippen molar-refractivity contribution in [2.24, 2.45) is 0 Å². The van der Waals surface area contributed by atoms with Crippen LogP contribution in [0.25, 0.3) is 0 Å². The summed E-state index contributed by atoms with van der Waals surface area (Å²) >= 11 is 15.4. The van der Waals surface area contributed by atoms with Crippen molar-refractivity contribution in [2.45, 2.75) is 18.9 Å². The maximum Gasteiger partial charge on any atom is 0.165 e. The minimum atomic E-state index is 0.404. The van der Waals surface area contributed by atoms with Crippen LogP contribution in [0, 0.1) is 0 Å². The van der Waals surface area contributed by atoms with Crippen molar-refractivity contribution in [1.29, 1.82) is 0 Å². The van der Waals surface area contributed by atoms with Crippen LogP contribution < -0.4 is 9.47 Å². The van der Waals surface area contributed by atoms with Gasteiger partial charge in [-0.3, -0.25) is 0 Å². The molecule has 0 bridgehead atoms. The van der Waals surface area contributed by atoms with Crippen LogP contribution in [-0.4, -0.2) is 6.61 Å². The summed E-state index contributed by atoms with van der Waals surface area (Å²) in [6, 6.07) is 11.3. The van der Waals surface area contributed by atoms with Crippen molar-refractivity contribution in [2.75, 3.05) is 6.61 Å². The van der Waals surface area contributed by atoms with Gasteiger partial charge in [-0.15, -0.1) is 0 Å². The maximum atomic E-state index is 6.02. The lowest BCUT2D eigenvalue weighted by Gasteiger charge is -2.15. The predicted octanol–water partition coefficient (Wildman–Crippen LogP) is 5.87. The van der Waals surface area contributed by atoms with Crippen LogP contribution in [0.3, 0.4) is 0 Å². The summed E-state index contributed by atoms with van der Waals surface area (Å²) in [4.78, 5) is 0. The van der Waals surface area contributed by atoms with E-state index >= 15 is 0 Å². The highest BCUT2D eigenvalue weighted by Gasteiger charge is 2.11. The van der Waals surface area contributed by atoms with Gasteiger partial charge in [0, 0.05) is 10.9 Å². The third-order valence-electron chi connectivity index (χ3n) is 2.87. The molecule has 0 spiro atoms. The number of halogens is 3. The van der Waals surface area contributed by atoms with E-state index in [1.807, 2.05) is 31.2 Å². The number of benzene rings is 2. The van der Waals surface area contributed by atoms with Crippen LogP contribution in [0.5, 0.6) is 11.5 Å². The van der Waals surface area contributed by atoms with Gasteiger partial charge in [0.05, 0.1) is 16.7 Å². The molecule has 2 aromatic carbocycles. The molecule has 0 N–H and O–H groups in total. The van der Waals surface area contributed by atoms with Crippen molar-refractivity contribution in [3.8, 4) is 11.5 Å². The highest BCUT2D eigenvalue weighted by atomic mass is 79.9. The monoisotopic (exact) mass is 388 g/mol. The van der Waals surface area contributed by atoms with Gasteiger partial charge in [-0.2, -0.15) is 0 Å². The number of para-hydroxylation sites is 1. The Morgan fingerprint density at radius 2 is 1.86 bits per heavy atom. The molecule has 0 aliphatic heterocycles. The Balaban J connectivity index is 2.20. The zero-order valence-electron chi connectivity index (χ0n) is 11.5. The molecule has 2 nitrogen and oxygen atoms in total. The molecule has 0 atom stereocenters. The SMILES string of the molecule is CCOc1cccc(CBr)c1OCc1ccc(Cl)c(Cl)c1. The Kier molecular flexibility index (Phi) is 6.22. The number of rotatable bonds is 6. The topological polar surface area (TPSA) is 18.5 Å². The van der Waals surface area contributed by atoms with Crippen molar-refractivity contribution in [1.82, 2.24) is 0 Å². The molecule has 0 fully saturated rings. The van der Waals surface area contributed by atoms with E-state index in [9.17, 15) is 0 Å². The first-order valence-corrected chi connectivity index (χ1v) is 8.40. The van der Waals surface area contributed by atoms with Gasteiger partial charge < -0.3 is 9.47 Å². The zero-order chi connectivity index (χ0) is 15.2. The van der Waals surface area contributed by atoms with Gasteiger partial charge in [-0.05, 0) is 30.7 Å². The molecule has 0 aliphatic carbocycles. The highest BCUT2D eigenvalue weighted by molar-refractivity contribution is 9.08. The van der Waals surface area contributed by atoms with E-state index in [0.717, 1.165) is 22.6 Å². The van der Waals surface area contributed by atoms with Gasteiger partial charge in [0.2, 0.25) is 0 Å². The van der Waals surface area contributed by atoms with E-state index in [1.54, 1.807) is 12.1 Å². The lowest BCUT2D eigenvalue weighted by molar-refractivity contribution is 0.267. The van der Waals surface area contributed by atoms with Gasteiger partial charge in [0.15, 0.2) is 11.5 Å². The first-order valence-electron chi connectivity index (χ1n) is 6.53. The summed E-state index contributed by atoms with van der Waals surface area (Å²) in [7, 11) is 0. The summed E-state index contributed by atoms with van der Waals surface area (Å²) in [6.07, 6.45) is 0. The van der Waals surface area contributed by atoms with E-state index < -0.39 is 0 Å². The molecule has 2 rings (SSSR count). The number of hydrogen-bond acceptors (Lipinski definition) is 2. The van der Waals surface area contributed by atoms with Gasteiger partial charge in [0.1, 0.15) is 6.61 Å². The first-order chi connectivity index (χ1) is 10.2. The predicted molar refractivity (Wildman–Crippen MR) is 91.0 cm³/mol. The van der Waals surface area contributed by atoms with Crippen LogP contribution in [0.1, 0.15) is 18.1 Å². The molecule has 0 aliphatic rings. The van der Waals surface area contributed by atoms with Crippen LogP contribution in [-0.2, 0) is 11.9 Å². The molecule has 2 aromatic rings. The number of alkyl halides is 1. The second-order valence-corrected chi connectivity index (χ2v) is 5.72. The highest BCUT2D eigenvalue weighted by Crippen LogP contribution is 2.33. The third-order valence-corrected chi connectivity index (χ3v) is 4.21. The standard InChI is InChI=1S/C16H15BrCl2O2/c1-2-20-15-5-3-4-12(9-17)16(15)21-10-11-6-7-13(18)14(19)8-11/h3-8H,2,9-10H2,1H3. The third kappa shape index (κ3) is 4.29. The molecule has 0 amide bonds. The summed E-state index contributed by atoms with van der Waals surface area (Å²) < 4.78 is 11.6. The molecular weight excluding hydrogens is 375 g/mol. The fourth-order valence-electron chi connectivity index (χ4n) is 1.88. The van der Waals surface area contributed by atoms with E-state index in [-0.39, 0.29) is 0 Å². The average Bonchev–Trinajstić information content (AvgIpc) is 2.49. The lowest BCUT2D eigenvalue weighted by atomic mass is 10.2. The Labute approximate surface area is 143 Å². The summed E-state index contributed by atoms with van der Waals surface area (Å²) in [5.41, 5.74) is 2.00. The van der Waals surface area contributed by atoms with Crippen LogP contribution in [0.15, 0.2) is 36.4 Å². The Morgan fingerprint density at radius 3 is 2.52 bits per heavy atom. The lowest BCUT2D eigenvalue weighted by Crippen LogP contribution is -2.02. The van der Waals surface area contributed by atoms with Crippen molar-refractivity contribution in [3.05, 3.63) is 57.6 Å². The molecule has 0 radical (unpaired) electrons. The fourth-order valence-corrected chi connectivity index (χ4v) is 2.65. The molecular formula is C16H15BrCl2O2.